The highest BCUT2D eigenvalue weighted by atomic mass is 15.3. The standard InChI is InChI=1S/C14H20N6/c1-11(2)16-8-12-4-3-5-15-14(12)19-6-7-20-10-17-18-13(20)9-19/h3-5,10-11,16H,6-9H2,1-2H3. The molecule has 0 spiro atoms. The van der Waals surface area contributed by atoms with Gasteiger partial charge in [-0.2, -0.15) is 0 Å². The molecule has 20 heavy (non-hydrogen) atoms. The molecule has 0 amide bonds. The molecule has 0 saturated heterocycles. The van der Waals surface area contributed by atoms with Crippen LogP contribution in [0.5, 0.6) is 0 Å². The van der Waals surface area contributed by atoms with E-state index < -0.39 is 0 Å². The molecule has 1 N–H and O–H groups in total. The molecule has 0 unspecified atom stereocenters. The predicted molar refractivity (Wildman–Crippen MR) is 77.3 cm³/mol. The van der Waals surface area contributed by atoms with Crippen LogP contribution in [-0.2, 0) is 19.6 Å². The van der Waals surface area contributed by atoms with Gasteiger partial charge >= 0.3 is 0 Å². The minimum Gasteiger partial charge on any atom is -0.347 e. The largest absolute Gasteiger partial charge is 0.347 e. The molecule has 1 aliphatic heterocycles. The Morgan fingerprint density at radius 3 is 3.10 bits per heavy atom. The average Bonchev–Trinajstić information content (AvgIpc) is 2.92. The van der Waals surface area contributed by atoms with Gasteiger partial charge in [0.05, 0.1) is 6.54 Å². The number of aromatic nitrogens is 4. The summed E-state index contributed by atoms with van der Waals surface area (Å²) in [5.41, 5.74) is 1.23. The molecule has 3 heterocycles. The molecule has 0 saturated carbocycles. The Hall–Kier alpha value is -1.95. The molecule has 0 aromatic carbocycles. The lowest BCUT2D eigenvalue weighted by Gasteiger charge is -2.29. The molecule has 0 atom stereocenters. The summed E-state index contributed by atoms with van der Waals surface area (Å²) in [5.74, 6) is 2.06. The number of nitrogens with zero attached hydrogens (tertiary/aromatic N) is 5. The van der Waals surface area contributed by atoms with Crippen molar-refractivity contribution in [2.45, 2.75) is 39.5 Å². The summed E-state index contributed by atoms with van der Waals surface area (Å²) < 4.78 is 2.10. The van der Waals surface area contributed by atoms with Gasteiger partial charge in [0.15, 0.2) is 5.82 Å². The third-order valence-corrected chi connectivity index (χ3v) is 3.51. The lowest BCUT2D eigenvalue weighted by Crippen LogP contribution is -2.35. The van der Waals surface area contributed by atoms with Gasteiger partial charge in [-0.1, -0.05) is 19.9 Å². The molecule has 1 aliphatic rings. The first kappa shape index (κ1) is 13.1. The van der Waals surface area contributed by atoms with Crippen molar-refractivity contribution in [3.8, 4) is 0 Å². The Morgan fingerprint density at radius 1 is 1.35 bits per heavy atom. The van der Waals surface area contributed by atoms with E-state index in [0.29, 0.717) is 6.04 Å². The second-order valence-electron chi connectivity index (χ2n) is 5.38. The molecule has 3 rings (SSSR count). The fourth-order valence-corrected chi connectivity index (χ4v) is 2.41. The highest BCUT2D eigenvalue weighted by Gasteiger charge is 2.20. The molecule has 0 fully saturated rings. The summed E-state index contributed by atoms with van der Waals surface area (Å²) in [7, 11) is 0. The number of fused-ring (bicyclic) bond motifs is 1. The van der Waals surface area contributed by atoms with Crippen molar-refractivity contribution in [1.29, 1.82) is 0 Å². The van der Waals surface area contributed by atoms with Gasteiger partial charge in [-0.05, 0) is 6.07 Å². The van der Waals surface area contributed by atoms with Gasteiger partial charge in [0, 0.05) is 37.4 Å². The van der Waals surface area contributed by atoms with Crippen molar-refractivity contribution < 1.29 is 0 Å². The molecule has 0 radical (unpaired) electrons. The lowest BCUT2D eigenvalue weighted by molar-refractivity contribution is 0.548. The maximum absolute atomic E-state index is 4.57. The van der Waals surface area contributed by atoms with Crippen molar-refractivity contribution >= 4 is 5.82 Å². The highest BCUT2D eigenvalue weighted by Crippen LogP contribution is 2.21. The minimum absolute atomic E-state index is 0.465. The number of nitrogens with one attached hydrogen (secondary N) is 1. The summed E-state index contributed by atoms with van der Waals surface area (Å²) in [6.07, 6.45) is 3.65. The van der Waals surface area contributed by atoms with E-state index >= 15 is 0 Å². The topological polar surface area (TPSA) is 58.9 Å². The monoisotopic (exact) mass is 272 g/mol. The van der Waals surface area contributed by atoms with Crippen molar-refractivity contribution in [3.63, 3.8) is 0 Å². The number of pyridine rings is 1. The average molecular weight is 272 g/mol. The third-order valence-electron chi connectivity index (χ3n) is 3.51. The summed E-state index contributed by atoms with van der Waals surface area (Å²) in [6.45, 7) is 7.77. The summed E-state index contributed by atoms with van der Waals surface area (Å²) in [6, 6.07) is 4.59. The van der Waals surface area contributed by atoms with Crippen molar-refractivity contribution in [2.24, 2.45) is 0 Å². The van der Waals surface area contributed by atoms with E-state index in [-0.39, 0.29) is 0 Å². The zero-order valence-electron chi connectivity index (χ0n) is 12.0. The second-order valence-corrected chi connectivity index (χ2v) is 5.38. The van der Waals surface area contributed by atoms with Crippen LogP contribution in [0.3, 0.4) is 0 Å². The van der Waals surface area contributed by atoms with Crippen LogP contribution in [0.25, 0.3) is 0 Å². The molecular formula is C14H20N6. The van der Waals surface area contributed by atoms with Crippen LogP contribution in [0.1, 0.15) is 25.2 Å². The number of hydrogen-bond donors (Lipinski definition) is 1. The predicted octanol–water partition coefficient (Wildman–Crippen LogP) is 1.19. The summed E-state index contributed by atoms with van der Waals surface area (Å²) in [4.78, 5) is 6.85. The molecule has 0 bridgehead atoms. The first-order valence-corrected chi connectivity index (χ1v) is 7.03. The van der Waals surface area contributed by atoms with Gasteiger partial charge in [0.25, 0.3) is 0 Å². The van der Waals surface area contributed by atoms with Crippen LogP contribution < -0.4 is 10.2 Å². The smallest absolute Gasteiger partial charge is 0.152 e. The van der Waals surface area contributed by atoms with E-state index in [2.05, 4.69) is 49.9 Å². The molecule has 6 nitrogen and oxygen atoms in total. The minimum atomic E-state index is 0.465. The van der Waals surface area contributed by atoms with Gasteiger partial charge in [-0.3, -0.25) is 0 Å². The third kappa shape index (κ3) is 2.65. The Balaban J connectivity index is 1.80. The fraction of sp³-hybridized carbons (Fsp3) is 0.500. The zero-order valence-corrected chi connectivity index (χ0v) is 12.0. The maximum Gasteiger partial charge on any atom is 0.152 e. The quantitative estimate of drug-likeness (QED) is 0.906. The lowest BCUT2D eigenvalue weighted by atomic mass is 10.2. The number of hydrogen-bond acceptors (Lipinski definition) is 5. The highest BCUT2D eigenvalue weighted by molar-refractivity contribution is 5.47. The van der Waals surface area contributed by atoms with Gasteiger partial charge in [0.2, 0.25) is 0 Å². The Kier molecular flexibility index (Phi) is 3.64. The van der Waals surface area contributed by atoms with Gasteiger partial charge in [0.1, 0.15) is 12.1 Å². The summed E-state index contributed by atoms with van der Waals surface area (Å²) >= 11 is 0. The van der Waals surface area contributed by atoms with Crippen LogP contribution in [0.15, 0.2) is 24.7 Å². The van der Waals surface area contributed by atoms with Gasteiger partial charge in [-0.25, -0.2) is 4.98 Å². The second kappa shape index (κ2) is 5.58. The Bertz CT molecular complexity index is 577. The Morgan fingerprint density at radius 2 is 2.25 bits per heavy atom. The molecular weight excluding hydrogens is 252 g/mol. The number of anilines is 1. The van der Waals surface area contributed by atoms with E-state index in [1.807, 2.05) is 12.3 Å². The molecule has 0 aliphatic carbocycles. The maximum atomic E-state index is 4.57. The normalized spacial score (nSPS) is 14.7. The SMILES string of the molecule is CC(C)NCc1cccnc1N1CCn2cnnc2C1. The van der Waals surface area contributed by atoms with Crippen molar-refractivity contribution in [3.05, 3.63) is 36.0 Å². The van der Waals surface area contributed by atoms with E-state index in [4.69, 9.17) is 0 Å². The number of rotatable bonds is 4. The first-order chi connectivity index (χ1) is 9.74. The van der Waals surface area contributed by atoms with Gasteiger partial charge < -0.3 is 14.8 Å². The Labute approximate surface area is 118 Å². The zero-order chi connectivity index (χ0) is 13.9. The molecule has 6 heteroatoms. The van der Waals surface area contributed by atoms with Crippen LogP contribution in [-0.4, -0.2) is 32.3 Å². The van der Waals surface area contributed by atoms with E-state index in [1.165, 1.54) is 5.56 Å². The van der Waals surface area contributed by atoms with Crippen LogP contribution in [0.4, 0.5) is 5.82 Å². The summed E-state index contributed by atoms with van der Waals surface area (Å²) in [5, 5.41) is 11.6. The molecule has 106 valence electrons. The molecule has 2 aromatic heterocycles. The van der Waals surface area contributed by atoms with Crippen LogP contribution in [0, 0.1) is 0 Å². The first-order valence-electron chi connectivity index (χ1n) is 7.03. The van der Waals surface area contributed by atoms with Crippen LogP contribution in [0.2, 0.25) is 0 Å². The van der Waals surface area contributed by atoms with E-state index in [1.54, 1.807) is 6.33 Å². The van der Waals surface area contributed by atoms with Crippen LogP contribution >= 0.6 is 0 Å². The fourth-order valence-electron chi connectivity index (χ4n) is 2.41. The molecule has 2 aromatic rings. The van der Waals surface area contributed by atoms with Crippen molar-refractivity contribution in [1.82, 2.24) is 25.1 Å². The van der Waals surface area contributed by atoms with E-state index in [0.717, 1.165) is 37.8 Å². The van der Waals surface area contributed by atoms with Crippen molar-refractivity contribution in [2.75, 3.05) is 11.4 Å². The van der Waals surface area contributed by atoms with Gasteiger partial charge in [-0.15, -0.1) is 10.2 Å². The van der Waals surface area contributed by atoms with E-state index in [9.17, 15) is 0 Å².